The minimum atomic E-state index is -3.29. The SMILES string of the molecule is CC(C)(C)CS(=O)(=O)N1C2CC1CN(c1ccc(-c3cc(OCC4C5COCC54)cn4ncc(C#N)c34)cn1)C2. The van der Waals surface area contributed by atoms with Crippen LogP contribution >= 0.6 is 0 Å². The lowest BCUT2D eigenvalue weighted by Crippen LogP contribution is -2.70. The van der Waals surface area contributed by atoms with Crippen molar-refractivity contribution in [2.75, 3.05) is 43.6 Å². The summed E-state index contributed by atoms with van der Waals surface area (Å²) >= 11 is 0. The molecule has 0 amide bonds. The van der Waals surface area contributed by atoms with E-state index in [1.165, 1.54) is 0 Å². The number of sulfonamides is 1. The number of ether oxygens (including phenoxy) is 2. The highest BCUT2D eigenvalue weighted by atomic mass is 32.2. The van der Waals surface area contributed by atoms with E-state index in [4.69, 9.17) is 14.5 Å². The highest BCUT2D eigenvalue weighted by molar-refractivity contribution is 7.89. The lowest BCUT2D eigenvalue weighted by molar-refractivity contribution is 0.0864. The second-order valence-corrected chi connectivity index (χ2v) is 14.8. The van der Waals surface area contributed by atoms with Crippen LogP contribution in [-0.4, -0.2) is 78.1 Å². The van der Waals surface area contributed by atoms with Crippen molar-refractivity contribution < 1.29 is 17.9 Å². The first-order chi connectivity index (χ1) is 19.1. The van der Waals surface area contributed by atoms with Gasteiger partial charge in [-0.1, -0.05) is 20.8 Å². The van der Waals surface area contributed by atoms with Gasteiger partial charge in [0.2, 0.25) is 10.0 Å². The molecular weight excluding hydrogens is 528 g/mol. The normalized spacial score (nSPS) is 27.8. The molecule has 8 rings (SSSR count). The largest absolute Gasteiger partial charge is 0.492 e. The summed E-state index contributed by atoms with van der Waals surface area (Å²) in [7, 11) is -3.29. The first-order valence-electron chi connectivity index (χ1n) is 14.0. The fourth-order valence-electron chi connectivity index (χ4n) is 6.85. The van der Waals surface area contributed by atoms with Gasteiger partial charge in [-0.25, -0.2) is 17.9 Å². The van der Waals surface area contributed by atoms with Crippen LogP contribution in [0.1, 0.15) is 32.8 Å². The van der Waals surface area contributed by atoms with Gasteiger partial charge in [-0.2, -0.15) is 14.7 Å². The highest BCUT2D eigenvalue weighted by Gasteiger charge is 2.54. The number of piperazine rings is 1. The summed E-state index contributed by atoms with van der Waals surface area (Å²) < 4.78 is 41.2. The maximum absolute atomic E-state index is 13.0. The zero-order valence-corrected chi connectivity index (χ0v) is 23.8. The number of pyridine rings is 2. The van der Waals surface area contributed by atoms with Gasteiger partial charge < -0.3 is 14.4 Å². The van der Waals surface area contributed by atoms with Crippen molar-refractivity contribution in [3.05, 3.63) is 42.4 Å². The Morgan fingerprint density at radius 2 is 1.90 bits per heavy atom. The summed E-state index contributed by atoms with van der Waals surface area (Å²) in [5.41, 5.74) is 2.64. The molecule has 11 heteroatoms. The molecule has 5 fully saturated rings. The molecule has 0 aromatic carbocycles. The standard InChI is InChI=1S/C29H34N6O4S/c1-29(2,3)17-40(36,37)35-20-6-21(35)12-33(11-20)27-5-4-18(9-31-27)23-7-22(13-34-28(23)19(8-30)10-32-34)39-16-26-24-14-38-15-25(24)26/h4-5,7,9-10,13,20-21,24-26H,6,11-12,14-17H2,1-3H3. The number of rotatable bonds is 7. The number of nitriles is 1. The van der Waals surface area contributed by atoms with Gasteiger partial charge in [-0.3, -0.25) is 0 Å². The Hall–Kier alpha value is -3.20. The molecule has 4 atom stereocenters. The summed E-state index contributed by atoms with van der Waals surface area (Å²) in [6.45, 7) is 9.46. The van der Waals surface area contributed by atoms with E-state index >= 15 is 0 Å². The Morgan fingerprint density at radius 3 is 2.55 bits per heavy atom. The first-order valence-corrected chi connectivity index (χ1v) is 15.6. The van der Waals surface area contributed by atoms with Crippen molar-refractivity contribution >= 4 is 21.4 Å². The Kier molecular flexibility index (Phi) is 5.90. The number of hydrogen-bond donors (Lipinski definition) is 0. The molecule has 210 valence electrons. The number of hydrogen-bond acceptors (Lipinski definition) is 8. The van der Waals surface area contributed by atoms with Crippen LogP contribution in [0.2, 0.25) is 0 Å². The van der Waals surface area contributed by atoms with E-state index in [0.717, 1.165) is 42.1 Å². The maximum Gasteiger partial charge on any atom is 0.215 e. The molecule has 7 heterocycles. The molecule has 4 saturated heterocycles. The number of piperidine rings is 1. The average Bonchev–Trinajstić information content (AvgIpc) is 3.21. The molecule has 1 saturated carbocycles. The summed E-state index contributed by atoms with van der Waals surface area (Å²) in [5.74, 6) is 3.45. The van der Waals surface area contributed by atoms with E-state index < -0.39 is 10.0 Å². The minimum Gasteiger partial charge on any atom is -0.492 e. The quantitative estimate of drug-likeness (QED) is 0.432. The van der Waals surface area contributed by atoms with Crippen LogP contribution in [0.15, 0.2) is 36.8 Å². The van der Waals surface area contributed by atoms with E-state index in [1.807, 2.05) is 51.4 Å². The molecule has 40 heavy (non-hydrogen) atoms. The van der Waals surface area contributed by atoms with Gasteiger partial charge in [0.05, 0.1) is 49.0 Å². The van der Waals surface area contributed by atoms with Crippen molar-refractivity contribution in [3.8, 4) is 22.9 Å². The Bertz CT molecular complexity index is 1580. The Balaban J connectivity index is 1.10. The number of nitrogens with zero attached hydrogens (tertiary/aromatic N) is 6. The Morgan fingerprint density at radius 1 is 1.15 bits per heavy atom. The van der Waals surface area contributed by atoms with Gasteiger partial charge in [0.1, 0.15) is 17.6 Å². The van der Waals surface area contributed by atoms with Gasteiger partial charge in [-0.15, -0.1) is 0 Å². The molecule has 3 aromatic rings. The third-order valence-corrected chi connectivity index (χ3v) is 11.2. The lowest BCUT2D eigenvalue weighted by Gasteiger charge is -2.55. The van der Waals surface area contributed by atoms with Crippen LogP contribution in [0.25, 0.3) is 16.6 Å². The van der Waals surface area contributed by atoms with Gasteiger partial charge >= 0.3 is 0 Å². The van der Waals surface area contributed by atoms with Gasteiger partial charge in [0.25, 0.3) is 0 Å². The monoisotopic (exact) mass is 562 g/mol. The number of aromatic nitrogens is 3. The zero-order valence-electron chi connectivity index (χ0n) is 23.0. The molecule has 5 aliphatic rings. The topological polar surface area (TPSA) is 113 Å². The third kappa shape index (κ3) is 4.42. The fraction of sp³-hybridized carbons (Fsp3) is 0.552. The maximum atomic E-state index is 13.0. The van der Waals surface area contributed by atoms with E-state index in [1.54, 1.807) is 15.0 Å². The van der Waals surface area contributed by atoms with Gasteiger partial charge in [0.15, 0.2) is 0 Å². The molecule has 0 radical (unpaired) electrons. The predicted octanol–water partition coefficient (Wildman–Crippen LogP) is 3.18. The van der Waals surface area contributed by atoms with E-state index in [-0.39, 0.29) is 23.3 Å². The number of fused-ring (bicyclic) bond motifs is 4. The van der Waals surface area contributed by atoms with Crippen LogP contribution in [0.3, 0.4) is 0 Å². The van der Waals surface area contributed by atoms with Crippen molar-refractivity contribution in [1.82, 2.24) is 18.9 Å². The van der Waals surface area contributed by atoms with Crippen LogP contribution in [0, 0.1) is 34.5 Å². The molecule has 4 aliphatic heterocycles. The molecular formula is C29H34N6O4S. The van der Waals surface area contributed by atoms with E-state index in [0.29, 0.717) is 48.8 Å². The second-order valence-electron chi connectivity index (χ2n) is 12.9. The summed E-state index contributed by atoms with van der Waals surface area (Å²) in [6.07, 6.45) is 6.12. The lowest BCUT2D eigenvalue weighted by atomic mass is 9.91. The number of anilines is 1. The summed E-state index contributed by atoms with van der Waals surface area (Å²) in [4.78, 5) is 6.95. The predicted molar refractivity (Wildman–Crippen MR) is 149 cm³/mol. The average molecular weight is 563 g/mol. The molecule has 0 N–H and O–H groups in total. The molecule has 4 unspecified atom stereocenters. The first kappa shape index (κ1) is 25.7. The van der Waals surface area contributed by atoms with E-state index in [9.17, 15) is 13.7 Å². The van der Waals surface area contributed by atoms with Crippen LogP contribution in [-0.2, 0) is 14.8 Å². The van der Waals surface area contributed by atoms with Crippen molar-refractivity contribution in [3.63, 3.8) is 0 Å². The molecule has 1 aliphatic carbocycles. The smallest absolute Gasteiger partial charge is 0.215 e. The molecule has 3 aromatic heterocycles. The van der Waals surface area contributed by atoms with Crippen molar-refractivity contribution in [1.29, 1.82) is 5.26 Å². The highest BCUT2D eigenvalue weighted by Crippen LogP contribution is 2.50. The van der Waals surface area contributed by atoms with Gasteiger partial charge in [-0.05, 0) is 41.9 Å². The summed E-state index contributed by atoms with van der Waals surface area (Å²) in [6, 6.07) is 8.18. The third-order valence-electron chi connectivity index (χ3n) is 8.72. The minimum absolute atomic E-state index is 0.0106. The van der Waals surface area contributed by atoms with E-state index in [2.05, 4.69) is 16.1 Å². The Labute approximate surface area is 234 Å². The fourth-order valence-corrected chi connectivity index (χ4v) is 9.30. The van der Waals surface area contributed by atoms with Crippen molar-refractivity contribution in [2.45, 2.75) is 39.3 Å². The van der Waals surface area contributed by atoms with Crippen LogP contribution < -0.4 is 9.64 Å². The van der Waals surface area contributed by atoms with Crippen LogP contribution in [0.5, 0.6) is 5.75 Å². The van der Waals surface area contributed by atoms with Gasteiger partial charge in [0, 0.05) is 48.4 Å². The summed E-state index contributed by atoms with van der Waals surface area (Å²) in [5, 5.41) is 14.1. The van der Waals surface area contributed by atoms with Crippen molar-refractivity contribution in [2.24, 2.45) is 23.2 Å². The zero-order chi connectivity index (χ0) is 27.8. The second kappa shape index (κ2) is 9.16. The molecule has 0 spiro atoms. The van der Waals surface area contributed by atoms with Crippen LogP contribution in [0.4, 0.5) is 5.82 Å². The molecule has 10 nitrogen and oxygen atoms in total. The molecule has 2 bridgehead atoms.